The van der Waals surface area contributed by atoms with E-state index >= 15 is 0 Å². The van der Waals surface area contributed by atoms with Crippen molar-refractivity contribution in [1.82, 2.24) is 5.32 Å². The van der Waals surface area contributed by atoms with Gasteiger partial charge in [-0.3, -0.25) is 14.9 Å². The average Bonchev–Trinajstić information content (AvgIpc) is 2.34. The Balaban J connectivity index is 2.79. The molecule has 1 unspecified atom stereocenters. The van der Waals surface area contributed by atoms with Crippen LogP contribution in [0.1, 0.15) is 38.1 Å². The van der Waals surface area contributed by atoms with Crippen molar-refractivity contribution in [3.63, 3.8) is 0 Å². The summed E-state index contributed by atoms with van der Waals surface area (Å²) in [6, 6.07) is 4.36. The highest BCUT2D eigenvalue weighted by atomic mass is 79.9. The van der Waals surface area contributed by atoms with Crippen LogP contribution in [-0.4, -0.2) is 17.4 Å². The fourth-order valence-electron chi connectivity index (χ4n) is 1.45. The molecule has 1 aromatic carbocycles. The zero-order valence-electron chi connectivity index (χ0n) is 12.1. The van der Waals surface area contributed by atoms with Crippen LogP contribution in [0, 0.1) is 21.4 Å². The molecule has 0 fully saturated rings. The minimum atomic E-state index is -0.515. The van der Waals surface area contributed by atoms with Crippen molar-refractivity contribution in [3.8, 4) is 0 Å². The summed E-state index contributed by atoms with van der Waals surface area (Å²) < 4.78 is 0.363. The fraction of sp³-hybridized carbons (Fsp3) is 0.500. The summed E-state index contributed by atoms with van der Waals surface area (Å²) in [6.07, 6.45) is 0. The van der Waals surface area contributed by atoms with Crippen molar-refractivity contribution in [1.29, 1.82) is 0 Å². The second-order valence-electron chi connectivity index (χ2n) is 5.90. The van der Waals surface area contributed by atoms with Gasteiger partial charge in [0.25, 0.3) is 11.6 Å². The highest BCUT2D eigenvalue weighted by Gasteiger charge is 2.21. The first-order valence-electron chi connectivity index (χ1n) is 6.35. The first-order valence-corrected chi connectivity index (χ1v) is 7.14. The van der Waals surface area contributed by atoms with Gasteiger partial charge < -0.3 is 5.32 Å². The molecular weight excluding hydrogens is 324 g/mol. The molecule has 1 amide bonds. The summed E-state index contributed by atoms with van der Waals surface area (Å²) in [7, 11) is 0. The van der Waals surface area contributed by atoms with E-state index in [0.29, 0.717) is 22.5 Å². The topological polar surface area (TPSA) is 72.2 Å². The van der Waals surface area contributed by atoms with Gasteiger partial charge in [0, 0.05) is 18.2 Å². The molecule has 0 spiro atoms. The van der Waals surface area contributed by atoms with Crippen molar-refractivity contribution in [2.75, 3.05) is 6.54 Å². The van der Waals surface area contributed by atoms with Crippen LogP contribution >= 0.6 is 15.9 Å². The van der Waals surface area contributed by atoms with Crippen LogP contribution in [0.25, 0.3) is 0 Å². The molecule has 0 aliphatic carbocycles. The summed E-state index contributed by atoms with van der Waals surface area (Å²) in [5.41, 5.74) is 0.279. The number of carbonyl (C=O) groups excluding carboxylic acids is 1. The maximum absolute atomic E-state index is 12.0. The van der Waals surface area contributed by atoms with E-state index in [1.54, 1.807) is 6.07 Å². The lowest BCUT2D eigenvalue weighted by Crippen LogP contribution is -2.33. The van der Waals surface area contributed by atoms with Gasteiger partial charge in [-0.15, -0.1) is 0 Å². The summed E-state index contributed by atoms with van der Waals surface area (Å²) in [4.78, 5) is 22.3. The third-order valence-corrected chi connectivity index (χ3v) is 4.12. The number of rotatable bonds is 4. The summed E-state index contributed by atoms with van der Waals surface area (Å²) >= 11 is 3.10. The SMILES string of the molecule is CC(CNC(=O)c1ccc(Br)c([N+](=O)[O-])c1)C(C)(C)C. The zero-order chi connectivity index (χ0) is 15.5. The van der Waals surface area contributed by atoms with Crippen LogP contribution in [0.3, 0.4) is 0 Å². The standard InChI is InChI=1S/C14H19BrN2O3/c1-9(14(2,3)4)8-16-13(18)10-5-6-11(15)12(7-10)17(19)20/h5-7,9H,8H2,1-4H3,(H,16,18). The molecule has 6 heteroatoms. The number of nitrogens with zero attached hydrogens (tertiary/aromatic N) is 1. The van der Waals surface area contributed by atoms with Gasteiger partial charge in [0.2, 0.25) is 0 Å². The lowest BCUT2D eigenvalue weighted by molar-refractivity contribution is -0.385. The van der Waals surface area contributed by atoms with E-state index in [0.717, 1.165) is 0 Å². The van der Waals surface area contributed by atoms with Crippen LogP contribution in [0.2, 0.25) is 0 Å². The monoisotopic (exact) mass is 342 g/mol. The maximum atomic E-state index is 12.0. The van der Waals surface area contributed by atoms with E-state index < -0.39 is 4.92 Å². The number of nitro benzene ring substituents is 1. The molecule has 1 rings (SSSR count). The number of nitro groups is 1. The Morgan fingerprint density at radius 2 is 2.05 bits per heavy atom. The number of carbonyl (C=O) groups is 1. The van der Waals surface area contributed by atoms with Gasteiger partial charge in [-0.2, -0.15) is 0 Å². The highest BCUT2D eigenvalue weighted by molar-refractivity contribution is 9.10. The molecule has 0 radical (unpaired) electrons. The van der Waals surface area contributed by atoms with Gasteiger partial charge in [-0.1, -0.05) is 27.7 Å². The number of hydrogen-bond acceptors (Lipinski definition) is 3. The highest BCUT2D eigenvalue weighted by Crippen LogP contribution is 2.26. The lowest BCUT2D eigenvalue weighted by Gasteiger charge is -2.27. The predicted molar refractivity (Wildman–Crippen MR) is 81.7 cm³/mol. The van der Waals surface area contributed by atoms with Gasteiger partial charge >= 0.3 is 0 Å². The summed E-state index contributed by atoms with van der Waals surface area (Å²) in [5, 5.41) is 13.7. The first kappa shape index (κ1) is 16.6. The number of halogens is 1. The molecular formula is C14H19BrN2O3. The largest absolute Gasteiger partial charge is 0.352 e. The second kappa shape index (κ2) is 6.35. The molecule has 5 nitrogen and oxygen atoms in total. The molecule has 110 valence electrons. The Morgan fingerprint density at radius 1 is 1.45 bits per heavy atom. The van der Waals surface area contributed by atoms with Gasteiger partial charge in [-0.05, 0) is 39.4 Å². The summed E-state index contributed by atoms with van der Waals surface area (Å²) in [5.74, 6) is 0.00795. The molecule has 0 heterocycles. The minimum absolute atomic E-state index is 0.0962. The molecule has 0 aliphatic heterocycles. The van der Waals surface area contributed by atoms with E-state index in [1.807, 2.05) is 0 Å². The zero-order valence-corrected chi connectivity index (χ0v) is 13.7. The van der Waals surface area contributed by atoms with E-state index in [-0.39, 0.29) is 17.0 Å². The normalized spacial score (nSPS) is 12.8. The van der Waals surface area contributed by atoms with E-state index in [4.69, 9.17) is 0 Å². The molecule has 1 aromatic rings. The lowest BCUT2D eigenvalue weighted by atomic mass is 9.82. The number of benzene rings is 1. The van der Waals surface area contributed by atoms with Crippen LogP contribution in [0.5, 0.6) is 0 Å². The van der Waals surface area contributed by atoms with Crippen molar-refractivity contribution in [3.05, 3.63) is 38.3 Å². The third kappa shape index (κ3) is 4.30. The van der Waals surface area contributed by atoms with E-state index in [2.05, 4.69) is 48.9 Å². The first-order chi connectivity index (χ1) is 9.12. The van der Waals surface area contributed by atoms with Gasteiger partial charge in [0.1, 0.15) is 0 Å². The average molecular weight is 343 g/mol. The van der Waals surface area contributed by atoms with Gasteiger partial charge in [0.05, 0.1) is 9.40 Å². The smallest absolute Gasteiger partial charge is 0.284 e. The second-order valence-corrected chi connectivity index (χ2v) is 6.75. The molecule has 0 saturated heterocycles. The Kier molecular flexibility index (Phi) is 5.28. The predicted octanol–water partition coefficient (Wildman–Crippen LogP) is 3.77. The van der Waals surface area contributed by atoms with Crippen molar-refractivity contribution >= 4 is 27.5 Å². The molecule has 20 heavy (non-hydrogen) atoms. The van der Waals surface area contributed by atoms with Crippen LogP contribution in [0.4, 0.5) is 5.69 Å². The number of hydrogen-bond donors (Lipinski definition) is 1. The van der Waals surface area contributed by atoms with E-state index in [9.17, 15) is 14.9 Å². The maximum Gasteiger partial charge on any atom is 0.284 e. The van der Waals surface area contributed by atoms with Crippen molar-refractivity contribution < 1.29 is 9.72 Å². The van der Waals surface area contributed by atoms with Crippen molar-refractivity contribution in [2.24, 2.45) is 11.3 Å². The number of nitrogens with one attached hydrogen (secondary N) is 1. The molecule has 0 bridgehead atoms. The number of amides is 1. The molecule has 0 saturated carbocycles. The molecule has 1 N–H and O–H groups in total. The Labute approximate surface area is 127 Å². The van der Waals surface area contributed by atoms with Crippen LogP contribution < -0.4 is 5.32 Å². The van der Waals surface area contributed by atoms with E-state index in [1.165, 1.54) is 12.1 Å². The fourth-order valence-corrected chi connectivity index (χ4v) is 1.84. The van der Waals surface area contributed by atoms with Gasteiger partial charge in [0.15, 0.2) is 0 Å². The summed E-state index contributed by atoms with van der Waals surface area (Å²) in [6.45, 7) is 8.91. The Bertz CT molecular complexity index is 524. The van der Waals surface area contributed by atoms with Crippen LogP contribution in [0.15, 0.2) is 22.7 Å². The van der Waals surface area contributed by atoms with Crippen molar-refractivity contribution in [2.45, 2.75) is 27.7 Å². The molecule has 0 aromatic heterocycles. The molecule has 0 aliphatic rings. The minimum Gasteiger partial charge on any atom is -0.352 e. The Hall–Kier alpha value is -1.43. The Morgan fingerprint density at radius 3 is 2.55 bits per heavy atom. The molecule has 1 atom stereocenters. The van der Waals surface area contributed by atoms with Crippen LogP contribution in [-0.2, 0) is 0 Å². The van der Waals surface area contributed by atoms with Gasteiger partial charge in [-0.25, -0.2) is 0 Å². The third-order valence-electron chi connectivity index (χ3n) is 3.45. The quantitative estimate of drug-likeness (QED) is 0.668.